The largest absolute Gasteiger partial charge is 0.416 e. The van der Waals surface area contributed by atoms with Gasteiger partial charge in [0.15, 0.2) is 0 Å². The second-order valence-corrected chi connectivity index (χ2v) is 12.7. The van der Waals surface area contributed by atoms with Gasteiger partial charge < -0.3 is 5.32 Å². The van der Waals surface area contributed by atoms with E-state index in [9.17, 15) is 26.4 Å². The van der Waals surface area contributed by atoms with E-state index in [1.165, 1.54) is 12.1 Å². The number of rotatable bonds is 9. The summed E-state index contributed by atoms with van der Waals surface area (Å²) in [5.74, 6) is 0.402. The molecule has 192 valence electrons. The maximum atomic E-state index is 13.1. The molecule has 10 heteroatoms. The van der Waals surface area contributed by atoms with E-state index < -0.39 is 33.1 Å². The van der Waals surface area contributed by atoms with Crippen LogP contribution < -0.4 is 10.0 Å². The zero-order valence-electron chi connectivity index (χ0n) is 20.2. The molecule has 3 rings (SSSR count). The van der Waals surface area contributed by atoms with Crippen molar-refractivity contribution >= 4 is 15.9 Å². The highest BCUT2D eigenvalue weighted by molar-refractivity contribution is 7.90. The van der Waals surface area contributed by atoms with Gasteiger partial charge in [-0.15, -0.1) is 0 Å². The molecule has 1 saturated heterocycles. The SMILES string of the molecule is CC(C)C[C@H](NS(=O)(=O)C(C)C)C(=O)N[C@@H]1CC[C@H]2CN(Cc3cccc(C(F)(F)F)c3)C[C@H]21. The quantitative estimate of drug-likeness (QED) is 0.538. The Balaban J connectivity index is 1.62. The van der Waals surface area contributed by atoms with Gasteiger partial charge in [-0.05, 0) is 62.5 Å². The van der Waals surface area contributed by atoms with Crippen molar-refractivity contribution in [3.63, 3.8) is 0 Å². The van der Waals surface area contributed by atoms with Crippen LogP contribution in [0.4, 0.5) is 13.2 Å². The zero-order valence-corrected chi connectivity index (χ0v) is 21.0. The van der Waals surface area contributed by atoms with E-state index in [-0.39, 0.29) is 23.8 Å². The lowest BCUT2D eigenvalue weighted by molar-refractivity contribution is -0.137. The monoisotopic (exact) mass is 503 g/mol. The number of amides is 1. The van der Waals surface area contributed by atoms with Crippen molar-refractivity contribution in [2.24, 2.45) is 17.8 Å². The minimum atomic E-state index is -4.36. The van der Waals surface area contributed by atoms with Crippen LogP contribution in [-0.4, -0.2) is 49.6 Å². The first kappa shape index (κ1) is 26.9. The lowest BCUT2D eigenvalue weighted by atomic mass is 9.97. The number of benzene rings is 1. The molecule has 2 aliphatic rings. The highest BCUT2D eigenvalue weighted by Crippen LogP contribution is 2.39. The number of hydrogen-bond donors (Lipinski definition) is 2. The van der Waals surface area contributed by atoms with Gasteiger partial charge in [0, 0.05) is 25.7 Å². The molecule has 1 aliphatic carbocycles. The number of nitrogens with one attached hydrogen (secondary N) is 2. The minimum Gasteiger partial charge on any atom is -0.352 e. The molecular formula is C24H36F3N3O3S. The summed E-state index contributed by atoms with van der Waals surface area (Å²) >= 11 is 0. The van der Waals surface area contributed by atoms with Crippen molar-refractivity contribution in [2.75, 3.05) is 13.1 Å². The van der Waals surface area contributed by atoms with Crippen LogP contribution in [0.1, 0.15) is 58.1 Å². The van der Waals surface area contributed by atoms with Gasteiger partial charge in [0.05, 0.1) is 10.8 Å². The third-order valence-corrected chi connectivity index (χ3v) is 8.73. The molecule has 0 radical (unpaired) electrons. The van der Waals surface area contributed by atoms with Crippen LogP contribution in [0.5, 0.6) is 0 Å². The van der Waals surface area contributed by atoms with Crippen LogP contribution in [-0.2, 0) is 27.5 Å². The predicted molar refractivity (Wildman–Crippen MR) is 125 cm³/mol. The molecule has 0 unspecified atom stereocenters. The summed E-state index contributed by atoms with van der Waals surface area (Å²) in [6, 6.07) is 4.53. The normalized spacial score (nSPS) is 24.6. The summed E-state index contributed by atoms with van der Waals surface area (Å²) in [4.78, 5) is 15.2. The Labute approximate surface area is 200 Å². The average Bonchev–Trinajstić information content (AvgIpc) is 3.27. The highest BCUT2D eigenvalue weighted by Gasteiger charge is 2.44. The van der Waals surface area contributed by atoms with E-state index in [0.717, 1.165) is 25.5 Å². The van der Waals surface area contributed by atoms with Crippen LogP contribution in [0.25, 0.3) is 0 Å². The minimum absolute atomic E-state index is 0.0674. The number of alkyl halides is 3. The van der Waals surface area contributed by atoms with Crippen LogP contribution in [0.2, 0.25) is 0 Å². The van der Waals surface area contributed by atoms with Gasteiger partial charge in [-0.25, -0.2) is 13.1 Å². The van der Waals surface area contributed by atoms with E-state index >= 15 is 0 Å². The van der Waals surface area contributed by atoms with Gasteiger partial charge in [-0.3, -0.25) is 9.69 Å². The first-order valence-electron chi connectivity index (χ1n) is 12.0. The van der Waals surface area contributed by atoms with Crippen LogP contribution in [0, 0.1) is 17.8 Å². The Morgan fingerprint density at radius 3 is 2.47 bits per heavy atom. The molecule has 1 aliphatic heterocycles. The number of nitrogens with zero attached hydrogens (tertiary/aromatic N) is 1. The maximum Gasteiger partial charge on any atom is 0.416 e. The van der Waals surface area contributed by atoms with Crippen molar-refractivity contribution in [3.05, 3.63) is 35.4 Å². The molecule has 2 fully saturated rings. The molecule has 0 aromatic heterocycles. The Morgan fingerprint density at radius 2 is 1.85 bits per heavy atom. The molecule has 1 aromatic carbocycles. The molecule has 1 aromatic rings. The molecule has 4 atom stereocenters. The Bertz CT molecular complexity index is 966. The zero-order chi connectivity index (χ0) is 25.3. The first-order chi connectivity index (χ1) is 15.8. The fraction of sp³-hybridized carbons (Fsp3) is 0.708. The summed E-state index contributed by atoms with van der Waals surface area (Å²) in [7, 11) is -3.60. The third-order valence-electron chi connectivity index (χ3n) is 6.87. The fourth-order valence-electron chi connectivity index (χ4n) is 5.07. The molecule has 2 N–H and O–H groups in total. The van der Waals surface area contributed by atoms with Gasteiger partial charge >= 0.3 is 6.18 Å². The number of carbonyl (C=O) groups excluding carboxylic acids is 1. The van der Waals surface area contributed by atoms with Crippen molar-refractivity contribution in [1.29, 1.82) is 0 Å². The van der Waals surface area contributed by atoms with Crippen molar-refractivity contribution in [2.45, 2.75) is 77.0 Å². The highest BCUT2D eigenvalue weighted by atomic mass is 32.2. The summed E-state index contributed by atoms with van der Waals surface area (Å²) in [5, 5.41) is 2.46. The summed E-state index contributed by atoms with van der Waals surface area (Å²) in [6.45, 7) is 8.94. The first-order valence-corrected chi connectivity index (χ1v) is 13.5. The number of hydrogen-bond acceptors (Lipinski definition) is 4. The standard InChI is InChI=1S/C24H36F3N3O3S/c1-15(2)10-22(29-34(32,33)16(3)4)23(31)28-21-9-8-18-13-30(14-20(18)21)12-17-6-5-7-19(11-17)24(25,26)27/h5-7,11,15-16,18,20-22,29H,8-10,12-14H2,1-4H3,(H,28,31)/t18-,20+,21+,22-/m0/s1. The number of carbonyl (C=O) groups is 1. The summed E-state index contributed by atoms with van der Waals surface area (Å²) < 4.78 is 66.4. The second kappa shape index (κ2) is 10.5. The number of likely N-dealkylation sites (tertiary alicyclic amines) is 1. The third kappa shape index (κ3) is 6.73. The van der Waals surface area contributed by atoms with Gasteiger partial charge in [-0.2, -0.15) is 13.2 Å². The van der Waals surface area contributed by atoms with Gasteiger partial charge in [0.25, 0.3) is 0 Å². The predicted octanol–water partition coefficient (Wildman–Crippen LogP) is 3.77. The van der Waals surface area contributed by atoms with E-state index in [0.29, 0.717) is 31.0 Å². The molecule has 1 amide bonds. The molecule has 0 bridgehead atoms. The van der Waals surface area contributed by atoms with Crippen molar-refractivity contribution < 1.29 is 26.4 Å². The average molecular weight is 504 g/mol. The Kier molecular flexibility index (Phi) is 8.35. The molecule has 0 spiro atoms. The lowest BCUT2D eigenvalue weighted by Crippen LogP contribution is -2.52. The van der Waals surface area contributed by atoms with E-state index in [4.69, 9.17) is 0 Å². The van der Waals surface area contributed by atoms with Crippen molar-refractivity contribution in [3.8, 4) is 0 Å². The topological polar surface area (TPSA) is 78.5 Å². The van der Waals surface area contributed by atoms with Crippen LogP contribution in [0.15, 0.2) is 24.3 Å². The molecule has 1 heterocycles. The number of halogens is 3. The van der Waals surface area contributed by atoms with Crippen LogP contribution >= 0.6 is 0 Å². The van der Waals surface area contributed by atoms with E-state index in [1.54, 1.807) is 19.9 Å². The maximum absolute atomic E-state index is 13.1. The summed E-state index contributed by atoms with van der Waals surface area (Å²) in [6.07, 6.45) is -2.21. The van der Waals surface area contributed by atoms with E-state index in [2.05, 4.69) is 14.9 Å². The van der Waals surface area contributed by atoms with E-state index in [1.807, 2.05) is 13.8 Å². The van der Waals surface area contributed by atoms with Gasteiger partial charge in [-0.1, -0.05) is 32.0 Å². The summed E-state index contributed by atoms with van der Waals surface area (Å²) in [5.41, 5.74) is -0.0231. The molecular weight excluding hydrogens is 467 g/mol. The lowest BCUT2D eigenvalue weighted by Gasteiger charge is -2.26. The fourth-order valence-corrected chi connectivity index (χ4v) is 5.94. The Morgan fingerprint density at radius 1 is 1.15 bits per heavy atom. The molecule has 1 saturated carbocycles. The van der Waals surface area contributed by atoms with Gasteiger partial charge in [0.2, 0.25) is 15.9 Å². The number of sulfonamides is 1. The van der Waals surface area contributed by atoms with Crippen LogP contribution in [0.3, 0.4) is 0 Å². The van der Waals surface area contributed by atoms with Crippen molar-refractivity contribution in [1.82, 2.24) is 14.9 Å². The van der Waals surface area contributed by atoms with Gasteiger partial charge in [0.1, 0.15) is 6.04 Å². The molecule has 6 nitrogen and oxygen atoms in total. The molecule has 34 heavy (non-hydrogen) atoms. The number of fused-ring (bicyclic) bond motifs is 1. The smallest absolute Gasteiger partial charge is 0.352 e. The second-order valence-electron chi connectivity index (χ2n) is 10.4. The Hall–Kier alpha value is -1.65.